The molecule has 0 atom stereocenters. The van der Waals surface area contributed by atoms with E-state index in [-0.39, 0.29) is 0 Å². The van der Waals surface area contributed by atoms with Crippen molar-refractivity contribution in [3.8, 4) is 0 Å². The minimum Gasteiger partial charge on any atom is -0.321 e. The van der Waals surface area contributed by atoms with Crippen molar-refractivity contribution in [2.45, 2.75) is 13.8 Å². The summed E-state index contributed by atoms with van der Waals surface area (Å²) in [6.07, 6.45) is 1.63. The summed E-state index contributed by atoms with van der Waals surface area (Å²) in [6, 6.07) is 4.89. The molecule has 2 heterocycles. The molecule has 1 amide bonds. The fourth-order valence-electron chi connectivity index (χ4n) is 2.25. The molecule has 0 radical (unpaired) electrons. The number of anilines is 1. The summed E-state index contributed by atoms with van der Waals surface area (Å²) in [6.45, 7) is 3.73. The van der Waals surface area contributed by atoms with Crippen LogP contribution in [0.1, 0.15) is 21.7 Å². The molecule has 0 spiro atoms. The maximum atomic E-state index is 13.6. The molecule has 0 aliphatic carbocycles. The molecule has 0 aliphatic rings. The van der Waals surface area contributed by atoms with E-state index in [1.54, 1.807) is 22.7 Å². The fourth-order valence-corrected chi connectivity index (χ4v) is 2.25. The number of halogens is 3. The van der Waals surface area contributed by atoms with E-state index in [0.717, 1.165) is 17.5 Å². The Morgan fingerprint density at radius 1 is 1.09 bits per heavy atom. The van der Waals surface area contributed by atoms with Gasteiger partial charge in [-0.1, -0.05) is 0 Å². The van der Waals surface area contributed by atoms with Crippen LogP contribution in [-0.2, 0) is 0 Å². The molecule has 118 valence electrons. The van der Waals surface area contributed by atoms with Crippen LogP contribution < -0.4 is 5.32 Å². The Labute approximate surface area is 129 Å². The summed E-state index contributed by atoms with van der Waals surface area (Å²) in [7, 11) is 0. The van der Waals surface area contributed by atoms with Gasteiger partial charge in [-0.3, -0.25) is 4.79 Å². The van der Waals surface area contributed by atoms with Gasteiger partial charge in [-0.25, -0.2) is 18.2 Å². The number of imidazole rings is 1. The molecule has 0 unspecified atom stereocenters. The standard InChI is InChI=1S/C16H12F3N3O/c1-8-9(2)22-7-10(3-6-13(22)20-8)21-16(23)11-4-5-12(17)15(19)14(11)18/h3-7H,1-2H3,(H,21,23). The van der Waals surface area contributed by atoms with E-state index in [1.807, 2.05) is 13.8 Å². The molecule has 0 saturated heterocycles. The first kappa shape index (κ1) is 15.1. The summed E-state index contributed by atoms with van der Waals surface area (Å²) < 4.78 is 41.5. The average molecular weight is 319 g/mol. The van der Waals surface area contributed by atoms with Crippen molar-refractivity contribution < 1.29 is 18.0 Å². The zero-order valence-electron chi connectivity index (χ0n) is 12.3. The molecule has 3 aromatic rings. The van der Waals surface area contributed by atoms with Crippen molar-refractivity contribution in [3.05, 3.63) is 64.9 Å². The molecule has 7 heteroatoms. The van der Waals surface area contributed by atoms with Crippen LogP contribution in [0.4, 0.5) is 18.9 Å². The maximum Gasteiger partial charge on any atom is 0.258 e. The molecule has 0 aliphatic heterocycles. The molecule has 0 bridgehead atoms. The lowest BCUT2D eigenvalue weighted by Crippen LogP contribution is -2.15. The molecule has 3 rings (SSSR count). The minimum atomic E-state index is -1.67. The Morgan fingerprint density at radius 2 is 1.83 bits per heavy atom. The molecular formula is C16H12F3N3O. The highest BCUT2D eigenvalue weighted by Gasteiger charge is 2.19. The second-order valence-electron chi connectivity index (χ2n) is 5.11. The van der Waals surface area contributed by atoms with Gasteiger partial charge in [0.25, 0.3) is 5.91 Å². The Kier molecular flexibility index (Phi) is 3.55. The maximum absolute atomic E-state index is 13.6. The molecule has 0 saturated carbocycles. The molecular weight excluding hydrogens is 307 g/mol. The van der Waals surface area contributed by atoms with E-state index in [9.17, 15) is 18.0 Å². The number of benzene rings is 1. The first-order valence-electron chi connectivity index (χ1n) is 6.78. The van der Waals surface area contributed by atoms with Gasteiger partial charge in [0.1, 0.15) is 5.65 Å². The van der Waals surface area contributed by atoms with E-state index in [2.05, 4.69) is 10.3 Å². The van der Waals surface area contributed by atoms with E-state index >= 15 is 0 Å². The number of fused-ring (bicyclic) bond motifs is 1. The average Bonchev–Trinajstić information content (AvgIpc) is 2.80. The lowest BCUT2D eigenvalue weighted by Gasteiger charge is -2.08. The van der Waals surface area contributed by atoms with E-state index in [1.165, 1.54) is 0 Å². The highest BCUT2D eigenvalue weighted by atomic mass is 19.2. The number of amides is 1. The van der Waals surface area contributed by atoms with E-state index < -0.39 is 28.9 Å². The van der Waals surface area contributed by atoms with Gasteiger partial charge in [0.15, 0.2) is 17.5 Å². The van der Waals surface area contributed by atoms with Crippen molar-refractivity contribution in [1.82, 2.24) is 9.38 Å². The Morgan fingerprint density at radius 3 is 2.57 bits per heavy atom. The molecule has 4 nitrogen and oxygen atoms in total. The molecule has 2 aromatic heterocycles. The van der Waals surface area contributed by atoms with Gasteiger partial charge in [-0.05, 0) is 38.1 Å². The van der Waals surface area contributed by atoms with E-state index in [4.69, 9.17) is 0 Å². The Hall–Kier alpha value is -2.83. The van der Waals surface area contributed by atoms with Crippen LogP contribution in [0.25, 0.3) is 5.65 Å². The summed E-state index contributed by atoms with van der Waals surface area (Å²) in [5.74, 6) is -5.40. The lowest BCUT2D eigenvalue weighted by molar-refractivity contribution is 0.102. The van der Waals surface area contributed by atoms with Crippen molar-refractivity contribution in [2.75, 3.05) is 5.32 Å². The number of rotatable bonds is 2. The van der Waals surface area contributed by atoms with Gasteiger partial charge in [0.05, 0.1) is 16.9 Å². The fraction of sp³-hybridized carbons (Fsp3) is 0.125. The number of nitrogens with zero attached hydrogens (tertiary/aromatic N) is 2. The van der Waals surface area contributed by atoms with Crippen LogP contribution in [-0.4, -0.2) is 15.3 Å². The van der Waals surface area contributed by atoms with Crippen molar-refractivity contribution in [1.29, 1.82) is 0 Å². The predicted octanol–water partition coefficient (Wildman–Crippen LogP) is 3.62. The van der Waals surface area contributed by atoms with Crippen LogP contribution >= 0.6 is 0 Å². The summed E-state index contributed by atoms with van der Waals surface area (Å²) >= 11 is 0. The third kappa shape index (κ3) is 2.54. The number of hydrogen-bond acceptors (Lipinski definition) is 2. The number of aryl methyl sites for hydroxylation is 2. The van der Waals surface area contributed by atoms with Crippen molar-refractivity contribution in [3.63, 3.8) is 0 Å². The molecule has 1 N–H and O–H groups in total. The Bertz CT molecular complexity index is 934. The largest absolute Gasteiger partial charge is 0.321 e. The lowest BCUT2D eigenvalue weighted by atomic mass is 10.2. The van der Waals surface area contributed by atoms with Crippen LogP contribution in [0.3, 0.4) is 0 Å². The SMILES string of the molecule is Cc1nc2ccc(NC(=O)c3ccc(F)c(F)c3F)cn2c1C. The molecule has 0 fully saturated rings. The van der Waals surface area contributed by atoms with Crippen LogP contribution in [0, 0.1) is 31.3 Å². The van der Waals surface area contributed by atoms with Gasteiger partial charge < -0.3 is 9.72 Å². The van der Waals surface area contributed by atoms with Crippen LogP contribution in [0.5, 0.6) is 0 Å². The van der Waals surface area contributed by atoms with E-state index in [0.29, 0.717) is 17.4 Å². The minimum absolute atomic E-state index is 0.382. The first-order valence-corrected chi connectivity index (χ1v) is 6.78. The first-order chi connectivity index (χ1) is 10.9. The smallest absolute Gasteiger partial charge is 0.258 e. The van der Waals surface area contributed by atoms with Gasteiger partial charge in [0.2, 0.25) is 0 Å². The number of hydrogen-bond donors (Lipinski definition) is 1. The monoisotopic (exact) mass is 319 g/mol. The molecule has 23 heavy (non-hydrogen) atoms. The van der Waals surface area contributed by atoms with Crippen molar-refractivity contribution in [2.24, 2.45) is 0 Å². The number of carbonyl (C=O) groups excluding carboxylic acids is 1. The number of nitrogens with one attached hydrogen (secondary N) is 1. The second kappa shape index (κ2) is 5.42. The summed E-state index contributed by atoms with van der Waals surface area (Å²) in [4.78, 5) is 16.4. The second-order valence-corrected chi connectivity index (χ2v) is 5.11. The number of carbonyl (C=O) groups is 1. The van der Waals surface area contributed by atoms with Gasteiger partial charge in [-0.15, -0.1) is 0 Å². The van der Waals surface area contributed by atoms with Crippen molar-refractivity contribution >= 4 is 17.2 Å². The predicted molar refractivity (Wildman–Crippen MR) is 78.9 cm³/mol. The van der Waals surface area contributed by atoms with Gasteiger partial charge in [-0.2, -0.15) is 0 Å². The number of pyridine rings is 1. The quantitative estimate of drug-likeness (QED) is 0.733. The molecule has 1 aromatic carbocycles. The summed E-state index contributed by atoms with van der Waals surface area (Å²) in [5.41, 5.74) is 2.27. The van der Waals surface area contributed by atoms with Gasteiger partial charge >= 0.3 is 0 Å². The zero-order chi connectivity index (χ0) is 16.7. The third-order valence-electron chi connectivity index (χ3n) is 3.63. The topological polar surface area (TPSA) is 46.4 Å². The third-order valence-corrected chi connectivity index (χ3v) is 3.63. The van der Waals surface area contributed by atoms with Crippen LogP contribution in [0.15, 0.2) is 30.5 Å². The normalized spacial score (nSPS) is 11.0. The highest BCUT2D eigenvalue weighted by Crippen LogP contribution is 2.19. The van der Waals surface area contributed by atoms with Crippen LogP contribution in [0.2, 0.25) is 0 Å². The van der Waals surface area contributed by atoms with Gasteiger partial charge in [0, 0.05) is 11.9 Å². The highest BCUT2D eigenvalue weighted by molar-refractivity contribution is 6.04. The Balaban J connectivity index is 1.94. The number of aromatic nitrogens is 2. The zero-order valence-corrected chi connectivity index (χ0v) is 12.3. The summed E-state index contributed by atoms with van der Waals surface area (Å²) in [5, 5.41) is 2.46.